The third kappa shape index (κ3) is 6.07. The van der Waals surface area contributed by atoms with Crippen LogP contribution in [0.1, 0.15) is 33.1 Å². The normalized spacial score (nSPS) is 9.31. The lowest BCUT2D eigenvalue weighted by molar-refractivity contribution is -0.148. The van der Waals surface area contributed by atoms with Gasteiger partial charge in [0.2, 0.25) is 5.91 Å². The Hall–Kier alpha value is -1.50. The van der Waals surface area contributed by atoms with E-state index in [2.05, 4.69) is 5.92 Å². The highest BCUT2D eigenvalue weighted by Crippen LogP contribution is 2.00. The Morgan fingerprint density at radius 3 is 2.56 bits per heavy atom. The molecule has 0 aliphatic heterocycles. The van der Waals surface area contributed by atoms with Gasteiger partial charge in [-0.3, -0.25) is 9.59 Å². The Bertz CT molecular complexity index is 268. The monoisotopic (exact) mass is 225 g/mol. The van der Waals surface area contributed by atoms with Crippen LogP contribution in [0, 0.1) is 12.3 Å². The molecule has 4 nitrogen and oxygen atoms in total. The van der Waals surface area contributed by atoms with Gasteiger partial charge in [-0.05, 0) is 13.3 Å². The van der Waals surface area contributed by atoms with Crippen molar-refractivity contribution in [3.63, 3.8) is 0 Å². The van der Waals surface area contributed by atoms with E-state index in [1.807, 2.05) is 6.92 Å². The second-order valence-electron chi connectivity index (χ2n) is 3.32. The summed E-state index contributed by atoms with van der Waals surface area (Å²) >= 11 is 0. The van der Waals surface area contributed by atoms with Crippen molar-refractivity contribution < 1.29 is 14.3 Å². The number of carbonyl (C=O) groups excluding carboxylic acids is 2. The van der Waals surface area contributed by atoms with Crippen molar-refractivity contribution in [2.75, 3.05) is 19.7 Å². The third-order valence-corrected chi connectivity index (χ3v) is 1.95. The van der Waals surface area contributed by atoms with Crippen LogP contribution < -0.4 is 0 Å². The summed E-state index contributed by atoms with van der Waals surface area (Å²) in [6.45, 7) is 4.60. The zero-order valence-corrected chi connectivity index (χ0v) is 9.99. The Kier molecular flexibility index (Phi) is 7.96. The molecule has 0 aromatic rings. The Balaban J connectivity index is 4.20. The van der Waals surface area contributed by atoms with Crippen molar-refractivity contribution >= 4 is 11.9 Å². The minimum absolute atomic E-state index is 0.0189. The summed E-state index contributed by atoms with van der Waals surface area (Å²) in [4.78, 5) is 24.4. The predicted molar refractivity (Wildman–Crippen MR) is 61.6 cm³/mol. The maximum absolute atomic E-state index is 11.7. The number of amides is 1. The molecule has 0 heterocycles. The molecule has 0 aromatic heterocycles. The van der Waals surface area contributed by atoms with Crippen LogP contribution in [-0.2, 0) is 14.3 Å². The van der Waals surface area contributed by atoms with Crippen LogP contribution in [0.5, 0.6) is 0 Å². The minimum Gasteiger partial charge on any atom is -0.465 e. The van der Waals surface area contributed by atoms with Crippen molar-refractivity contribution in [3.8, 4) is 12.3 Å². The summed E-state index contributed by atoms with van der Waals surface area (Å²) in [6, 6.07) is 0. The second-order valence-corrected chi connectivity index (χ2v) is 3.32. The van der Waals surface area contributed by atoms with Crippen LogP contribution >= 0.6 is 0 Å². The van der Waals surface area contributed by atoms with Gasteiger partial charge in [0.1, 0.15) is 6.54 Å². The topological polar surface area (TPSA) is 46.6 Å². The lowest BCUT2D eigenvalue weighted by atomic mass is 10.2. The molecular formula is C12H19NO3. The molecule has 0 unspecified atom stereocenters. The van der Waals surface area contributed by atoms with Gasteiger partial charge in [0.25, 0.3) is 0 Å². The molecule has 0 aliphatic carbocycles. The van der Waals surface area contributed by atoms with Crippen LogP contribution in [0.3, 0.4) is 0 Å². The van der Waals surface area contributed by atoms with Gasteiger partial charge in [0.05, 0.1) is 6.61 Å². The minimum atomic E-state index is -0.370. The third-order valence-electron chi connectivity index (χ3n) is 1.95. The Morgan fingerprint density at radius 2 is 2.06 bits per heavy atom. The highest BCUT2D eigenvalue weighted by atomic mass is 16.5. The Labute approximate surface area is 96.9 Å². The number of hydrogen-bond acceptors (Lipinski definition) is 3. The van der Waals surface area contributed by atoms with Gasteiger partial charge in [-0.15, -0.1) is 12.3 Å². The molecule has 90 valence electrons. The smallest absolute Gasteiger partial charge is 0.325 e. The summed E-state index contributed by atoms with van der Waals surface area (Å²) < 4.78 is 4.80. The Morgan fingerprint density at radius 1 is 1.38 bits per heavy atom. The first-order chi connectivity index (χ1) is 7.65. The lowest BCUT2D eigenvalue weighted by Crippen LogP contribution is -2.36. The van der Waals surface area contributed by atoms with E-state index in [1.165, 1.54) is 4.90 Å². The molecule has 0 saturated carbocycles. The van der Waals surface area contributed by atoms with Gasteiger partial charge in [-0.25, -0.2) is 0 Å². The first kappa shape index (κ1) is 14.5. The fourth-order valence-electron chi connectivity index (χ4n) is 1.26. The number of nitrogens with zero attached hydrogens (tertiary/aromatic N) is 1. The van der Waals surface area contributed by atoms with Gasteiger partial charge in [-0.2, -0.15) is 0 Å². The molecule has 0 aromatic carbocycles. The molecule has 1 amide bonds. The second kappa shape index (κ2) is 8.78. The molecule has 0 fully saturated rings. The molecule has 0 saturated heterocycles. The average Bonchev–Trinajstić information content (AvgIpc) is 2.25. The SMILES string of the molecule is C#CCCC(=O)N(CCC)CC(=O)OCC. The van der Waals surface area contributed by atoms with Crippen molar-refractivity contribution in [2.24, 2.45) is 0 Å². The first-order valence-electron chi connectivity index (χ1n) is 5.52. The van der Waals surface area contributed by atoms with E-state index >= 15 is 0 Å². The largest absolute Gasteiger partial charge is 0.465 e. The maximum Gasteiger partial charge on any atom is 0.325 e. The van der Waals surface area contributed by atoms with Gasteiger partial charge in [-0.1, -0.05) is 6.92 Å². The molecule has 0 N–H and O–H groups in total. The van der Waals surface area contributed by atoms with E-state index in [0.717, 1.165) is 6.42 Å². The van der Waals surface area contributed by atoms with Crippen LogP contribution in [0.25, 0.3) is 0 Å². The summed E-state index contributed by atoms with van der Waals surface area (Å²) in [5, 5.41) is 0. The summed E-state index contributed by atoms with van der Waals surface area (Å²) in [5.41, 5.74) is 0. The van der Waals surface area contributed by atoms with Crippen LogP contribution in [0.2, 0.25) is 0 Å². The highest BCUT2D eigenvalue weighted by molar-refractivity contribution is 5.82. The van der Waals surface area contributed by atoms with E-state index in [4.69, 9.17) is 11.2 Å². The zero-order chi connectivity index (χ0) is 12.4. The van der Waals surface area contributed by atoms with Gasteiger partial charge in [0, 0.05) is 19.4 Å². The molecule has 4 heteroatoms. The molecule has 16 heavy (non-hydrogen) atoms. The maximum atomic E-state index is 11.7. The molecule has 0 spiro atoms. The fourth-order valence-corrected chi connectivity index (χ4v) is 1.26. The highest BCUT2D eigenvalue weighted by Gasteiger charge is 2.16. The molecule has 0 rings (SSSR count). The number of carbonyl (C=O) groups is 2. The molecule has 0 aliphatic rings. The van der Waals surface area contributed by atoms with E-state index < -0.39 is 0 Å². The van der Waals surface area contributed by atoms with Gasteiger partial charge < -0.3 is 9.64 Å². The van der Waals surface area contributed by atoms with Crippen molar-refractivity contribution in [1.82, 2.24) is 4.90 Å². The van der Waals surface area contributed by atoms with Gasteiger partial charge in [0.15, 0.2) is 0 Å². The molecule has 0 atom stereocenters. The standard InChI is InChI=1S/C12H19NO3/c1-4-7-8-11(14)13(9-5-2)10-12(15)16-6-3/h1H,5-10H2,2-3H3. The molecule has 0 radical (unpaired) electrons. The number of rotatable bonds is 7. The lowest BCUT2D eigenvalue weighted by Gasteiger charge is -2.20. The molecule has 0 bridgehead atoms. The van der Waals surface area contributed by atoms with E-state index in [1.54, 1.807) is 6.92 Å². The van der Waals surface area contributed by atoms with E-state index in [-0.39, 0.29) is 24.8 Å². The predicted octanol–water partition coefficient (Wildman–Crippen LogP) is 1.20. The van der Waals surface area contributed by atoms with Gasteiger partial charge >= 0.3 is 5.97 Å². The van der Waals surface area contributed by atoms with E-state index in [9.17, 15) is 9.59 Å². The quantitative estimate of drug-likeness (QED) is 0.483. The number of hydrogen-bond donors (Lipinski definition) is 0. The first-order valence-corrected chi connectivity index (χ1v) is 5.52. The number of esters is 1. The molecular weight excluding hydrogens is 206 g/mol. The summed E-state index contributed by atoms with van der Waals surface area (Å²) in [7, 11) is 0. The van der Waals surface area contributed by atoms with Crippen molar-refractivity contribution in [2.45, 2.75) is 33.1 Å². The van der Waals surface area contributed by atoms with Crippen LogP contribution in [-0.4, -0.2) is 36.5 Å². The summed E-state index contributed by atoms with van der Waals surface area (Å²) in [5.74, 6) is 1.95. The zero-order valence-electron chi connectivity index (χ0n) is 9.99. The number of terminal acetylenes is 1. The van der Waals surface area contributed by atoms with Crippen molar-refractivity contribution in [3.05, 3.63) is 0 Å². The average molecular weight is 225 g/mol. The van der Waals surface area contributed by atoms with Crippen molar-refractivity contribution in [1.29, 1.82) is 0 Å². The number of ether oxygens (including phenoxy) is 1. The summed E-state index contributed by atoms with van der Waals surface area (Å²) in [6.07, 6.45) is 6.59. The van der Waals surface area contributed by atoms with Crippen LogP contribution in [0.15, 0.2) is 0 Å². The fraction of sp³-hybridized carbons (Fsp3) is 0.667. The van der Waals surface area contributed by atoms with E-state index in [0.29, 0.717) is 19.6 Å². The van der Waals surface area contributed by atoms with Crippen LogP contribution in [0.4, 0.5) is 0 Å².